The van der Waals surface area contributed by atoms with E-state index in [0.29, 0.717) is 16.8 Å². The topological polar surface area (TPSA) is 66.5 Å². The van der Waals surface area contributed by atoms with Gasteiger partial charge >= 0.3 is 0 Å². The zero-order chi connectivity index (χ0) is 19.6. The smallest absolute Gasteiger partial charge is 0.243 e. The number of carbonyl (C=O) groups excluding carboxylic acids is 1. The van der Waals surface area contributed by atoms with Crippen LogP contribution in [0.3, 0.4) is 0 Å². The molecule has 0 aliphatic heterocycles. The molecule has 2 aromatic rings. The maximum absolute atomic E-state index is 13.0. The van der Waals surface area contributed by atoms with Gasteiger partial charge in [0.05, 0.1) is 11.4 Å². The first-order chi connectivity index (χ1) is 12.0. The van der Waals surface area contributed by atoms with Crippen molar-refractivity contribution >= 4 is 21.6 Å². The molecule has 0 saturated heterocycles. The third kappa shape index (κ3) is 4.11. The maximum Gasteiger partial charge on any atom is 0.243 e. The molecule has 0 saturated carbocycles. The fourth-order valence-electron chi connectivity index (χ4n) is 2.74. The van der Waals surface area contributed by atoms with Crippen molar-refractivity contribution in [2.24, 2.45) is 0 Å². The Morgan fingerprint density at radius 1 is 1.04 bits per heavy atom. The number of amides is 1. The number of halogens is 1. The van der Waals surface area contributed by atoms with Crippen LogP contribution in [0.1, 0.15) is 22.3 Å². The average Bonchev–Trinajstić information content (AvgIpc) is 2.55. The molecule has 0 aliphatic carbocycles. The van der Waals surface area contributed by atoms with E-state index in [-0.39, 0.29) is 11.4 Å². The Kier molecular flexibility index (Phi) is 5.83. The number of rotatable bonds is 5. The summed E-state index contributed by atoms with van der Waals surface area (Å²) in [5.74, 6) is -0.911. The highest BCUT2D eigenvalue weighted by Gasteiger charge is 2.27. The minimum Gasteiger partial charge on any atom is -0.325 e. The minimum absolute atomic E-state index is 0.243. The van der Waals surface area contributed by atoms with Gasteiger partial charge in [-0.25, -0.2) is 12.8 Å². The van der Waals surface area contributed by atoms with Crippen LogP contribution in [0.4, 0.5) is 10.1 Å². The Morgan fingerprint density at radius 3 is 2.04 bits per heavy atom. The first kappa shape index (κ1) is 20.1. The summed E-state index contributed by atoms with van der Waals surface area (Å²) in [6.45, 7) is 6.91. The second-order valence-electron chi connectivity index (χ2n) is 6.41. The Morgan fingerprint density at radius 2 is 1.54 bits per heavy atom. The van der Waals surface area contributed by atoms with Gasteiger partial charge in [-0.3, -0.25) is 4.79 Å². The highest BCUT2D eigenvalue weighted by Crippen LogP contribution is 2.28. The Balaban J connectivity index is 2.24. The van der Waals surface area contributed by atoms with Crippen LogP contribution in [-0.4, -0.2) is 32.2 Å². The zero-order valence-corrected chi connectivity index (χ0v) is 16.4. The third-order valence-corrected chi connectivity index (χ3v) is 6.54. The van der Waals surface area contributed by atoms with E-state index in [1.807, 2.05) is 19.9 Å². The lowest BCUT2D eigenvalue weighted by Gasteiger charge is -2.21. The molecule has 0 heterocycles. The monoisotopic (exact) mass is 378 g/mol. The molecule has 0 unspecified atom stereocenters. The molecule has 1 amide bonds. The molecule has 0 spiro atoms. The summed E-state index contributed by atoms with van der Waals surface area (Å²) in [4.78, 5) is 12.4. The number of anilines is 1. The molecule has 26 heavy (non-hydrogen) atoms. The molecule has 2 rings (SSSR count). The lowest BCUT2D eigenvalue weighted by atomic mass is 10.0. The second-order valence-corrected chi connectivity index (χ2v) is 8.39. The van der Waals surface area contributed by atoms with Crippen molar-refractivity contribution in [3.05, 3.63) is 58.4 Å². The predicted octanol–water partition coefficient (Wildman–Crippen LogP) is 3.32. The van der Waals surface area contributed by atoms with Gasteiger partial charge in [-0.15, -0.1) is 0 Å². The van der Waals surface area contributed by atoms with Crippen molar-refractivity contribution in [1.29, 1.82) is 0 Å². The number of carbonyl (C=O) groups is 1. The van der Waals surface area contributed by atoms with E-state index in [2.05, 4.69) is 5.32 Å². The van der Waals surface area contributed by atoms with E-state index in [1.54, 1.807) is 13.8 Å². The number of hydrogen-bond donors (Lipinski definition) is 1. The molecule has 0 fully saturated rings. The Labute approximate surface area is 153 Å². The molecule has 0 atom stereocenters. The Bertz CT molecular complexity index is 912. The van der Waals surface area contributed by atoms with Gasteiger partial charge in [0.1, 0.15) is 5.82 Å². The van der Waals surface area contributed by atoms with Crippen molar-refractivity contribution < 1.29 is 17.6 Å². The lowest BCUT2D eigenvalue weighted by Crippen LogP contribution is -2.35. The molecule has 1 N–H and O–H groups in total. The Hall–Kier alpha value is -2.25. The van der Waals surface area contributed by atoms with Crippen LogP contribution >= 0.6 is 0 Å². The number of aryl methyl sites for hydroxylation is 2. The van der Waals surface area contributed by atoms with Crippen LogP contribution in [0, 0.1) is 33.5 Å². The summed E-state index contributed by atoms with van der Waals surface area (Å²) in [6, 6.07) is 7.22. The quantitative estimate of drug-likeness (QED) is 0.868. The van der Waals surface area contributed by atoms with Crippen LogP contribution in [0.2, 0.25) is 0 Å². The molecule has 7 heteroatoms. The van der Waals surface area contributed by atoms with E-state index in [4.69, 9.17) is 0 Å². The van der Waals surface area contributed by atoms with Gasteiger partial charge in [-0.1, -0.05) is 6.07 Å². The van der Waals surface area contributed by atoms with E-state index in [9.17, 15) is 17.6 Å². The summed E-state index contributed by atoms with van der Waals surface area (Å²) < 4.78 is 40.0. The van der Waals surface area contributed by atoms with Crippen molar-refractivity contribution in [3.8, 4) is 0 Å². The van der Waals surface area contributed by atoms with Crippen molar-refractivity contribution in [2.75, 3.05) is 18.9 Å². The molecule has 0 bridgehead atoms. The largest absolute Gasteiger partial charge is 0.325 e. The molecule has 140 valence electrons. The van der Waals surface area contributed by atoms with Crippen LogP contribution in [0.15, 0.2) is 35.2 Å². The van der Waals surface area contributed by atoms with E-state index in [1.165, 1.54) is 31.3 Å². The molecule has 0 radical (unpaired) electrons. The van der Waals surface area contributed by atoms with E-state index < -0.39 is 21.7 Å². The van der Waals surface area contributed by atoms with E-state index >= 15 is 0 Å². The van der Waals surface area contributed by atoms with Crippen molar-refractivity contribution in [3.63, 3.8) is 0 Å². The van der Waals surface area contributed by atoms with E-state index in [0.717, 1.165) is 15.4 Å². The first-order valence-corrected chi connectivity index (χ1v) is 9.57. The van der Waals surface area contributed by atoms with Crippen LogP contribution in [0.25, 0.3) is 0 Å². The van der Waals surface area contributed by atoms with Gasteiger partial charge in [0.25, 0.3) is 0 Å². The fourth-order valence-corrected chi connectivity index (χ4v) is 4.44. The van der Waals surface area contributed by atoms with Gasteiger partial charge < -0.3 is 5.32 Å². The highest BCUT2D eigenvalue weighted by molar-refractivity contribution is 7.89. The third-order valence-electron chi connectivity index (χ3n) is 4.46. The zero-order valence-electron chi connectivity index (χ0n) is 15.6. The summed E-state index contributed by atoms with van der Waals surface area (Å²) in [7, 11) is -2.46. The van der Waals surface area contributed by atoms with Gasteiger partial charge in [0.15, 0.2) is 0 Å². The molecular weight excluding hydrogens is 355 g/mol. The summed E-state index contributed by atoms with van der Waals surface area (Å²) >= 11 is 0. The minimum atomic E-state index is -3.83. The molecule has 0 aromatic heterocycles. The standard InChI is InChI=1S/C19H23FN2O3S/c1-12-10-13(2)15(4)19(14(12)3)26(24,25)22(5)11-18(23)21-17-8-6-16(20)7-9-17/h6-10H,11H2,1-5H3,(H,21,23). The number of benzene rings is 2. The highest BCUT2D eigenvalue weighted by atomic mass is 32.2. The molecular formula is C19H23FN2O3S. The lowest BCUT2D eigenvalue weighted by molar-refractivity contribution is -0.116. The fraction of sp³-hybridized carbons (Fsp3) is 0.316. The van der Waals surface area contributed by atoms with Crippen LogP contribution in [0.5, 0.6) is 0 Å². The number of likely N-dealkylation sites (N-methyl/N-ethyl adjacent to an activating group) is 1. The van der Waals surface area contributed by atoms with Crippen LogP contribution in [-0.2, 0) is 14.8 Å². The summed E-state index contributed by atoms with van der Waals surface area (Å²) in [6.07, 6.45) is 0. The van der Waals surface area contributed by atoms with Crippen LogP contribution < -0.4 is 5.32 Å². The normalized spacial score (nSPS) is 11.7. The van der Waals surface area contributed by atoms with Gasteiger partial charge in [-0.2, -0.15) is 4.31 Å². The molecule has 0 aliphatic rings. The summed E-state index contributed by atoms with van der Waals surface area (Å²) in [5, 5.41) is 2.56. The number of sulfonamides is 1. The predicted molar refractivity (Wildman–Crippen MR) is 100 cm³/mol. The second kappa shape index (κ2) is 7.55. The number of hydrogen-bond acceptors (Lipinski definition) is 3. The number of nitrogens with one attached hydrogen (secondary N) is 1. The molecule has 5 nitrogen and oxygen atoms in total. The molecule has 2 aromatic carbocycles. The number of nitrogens with zero attached hydrogens (tertiary/aromatic N) is 1. The maximum atomic E-state index is 13.0. The van der Waals surface area contributed by atoms with Crippen molar-refractivity contribution in [1.82, 2.24) is 4.31 Å². The SMILES string of the molecule is Cc1cc(C)c(C)c(S(=O)(=O)N(C)CC(=O)Nc2ccc(F)cc2)c1C. The van der Waals surface area contributed by atoms with Crippen molar-refractivity contribution in [2.45, 2.75) is 32.6 Å². The van der Waals surface area contributed by atoms with Gasteiger partial charge in [0.2, 0.25) is 15.9 Å². The van der Waals surface area contributed by atoms with Gasteiger partial charge in [-0.05, 0) is 74.2 Å². The average molecular weight is 378 g/mol. The first-order valence-electron chi connectivity index (χ1n) is 8.13. The summed E-state index contributed by atoms with van der Waals surface area (Å²) in [5.41, 5.74) is 3.53. The van der Waals surface area contributed by atoms with Gasteiger partial charge in [0, 0.05) is 12.7 Å².